The predicted octanol–water partition coefficient (Wildman–Crippen LogP) is 9.19. The summed E-state index contributed by atoms with van der Waals surface area (Å²) in [5, 5.41) is 8.76. The van der Waals surface area contributed by atoms with Crippen molar-refractivity contribution in [1.82, 2.24) is 4.90 Å². The first kappa shape index (κ1) is 31.5. The number of aliphatic hydroxyl groups is 1. The van der Waals surface area contributed by atoms with Crippen molar-refractivity contribution in [2.24, 2.45) is 0 Å². The minimum atomic E-state index is 0.367. The van der Waals surface area contributed by atoms with E-state index in [9.17, 15) is 0 Å². The van der Waals surface area contributed by atoms with Crippen molar-refractivity contribution in [3.05, 3.63) is 12.3 Å². The molecule has 0 bridgehead atoms. The van der Waals surface area contributed by atoms with Gasteiger partial charge in [0, 0.05) is 32.5 Å². The molecule has 0 aromatic carbocycles. The van der Waals surface area contributed by atoms with E-state index in [4.69, 9.17) is 9.84 Å². The van der Waals surface area contributed by atoms with Crippen LogP contribution < -0.4 is 0 Å². The lowest BCUT2D eigenvalue weighted by Crippen LogP contribution is -2.21. The summed E-state index contributed by atoms with van der Waals surface area (Å²) in [6.07, 6.45) is 33.4. The number of aliphatic hydroxyl groups excluding tert-OH is 1. The highest BCUT2D eigenvalue weighted by Crippen LogP contribution is 2.21. The van der Waals surface area contributed by atoms with Gasteiger partial charge in [0.05, 0.1) is 6.10 Å². The standard InChI is InChI=1S/C28H55NO2.C3H6/c1-27(29-24-23-28(26-29)31-2)22-20-18-16-14-12-10-8-6-4-3-5-7-9-11-13-15-17-19-21-25-30;1-2-3-1/h28,30H,1,3-26H2,2H3;1-3H2. The van der Waals surface area contributed by atoms with Crippen LogP contribution in [0.4, 0.5) is 0 Å². The van der Waals surface area contributed by atoms with Gasteiger partial charge in [0.2, 0.25) is 0 Å². The average Bonchev–Trinajstić information content (AvgIpc) is 3.66. The zero-order valence-corrected chi connectivity index (χ0v) is 23.2. The molecule has 1 atom stereocenters. The number of ether oxygens (including phenoxy) is 1. The summed E-state index contributed by atoms with van der Waals surface area (Å²) in [6, 6.07) is 0. The molecule has 0 amide bonds. The molecule has 1 N–H and O–H groups in total. The van der Waals surface area contributed by atoms with Crippen molar-refractivity contribution in [2.45, 2.75) is 160 Å². The van der Waals surface area contributed by atoms with Crippen LogP contribution >= 0.6 is 0 Å². The molecule has 1 aliphatic carbocycles. The molecule has 1 saturated heterocycles. The highest BCUT2D eigenvalue weighted by Gasteiger charge is 2.22. The normalized spacial score (nSPS) is 17.0. The third-order valence-electron chi connectivity index (χ3n) is 7.40. The predicted molar refractivity (Wildman–Crippen MR) is 149 cm³/mol. The quantitative estimate of drug-likeness (QED) is 0.148. The minimum absolute atomic E-state index is 0.367. The van der Waals surface area contributed by atoms with Gasteiger partial charge in [0.25, 0.3) is 0 Å². The molecule has 34 heavy (non-hydrogen) atoms. The third kappa shape index (κ3) is 20.8. The highest BCUT2D eigenvalue weighted by atomic mass is 16.5. The number of rotatable bonds is 23. The smallest absolute Gasteiger partial charge is 0.0762 e. The summed E-state index contributed by atoms with van der Waals surface area (Å²) in [4.78, 5) is 2.43. The number of allylic oxidation sites excluding steroid dienone is 1. The van der Waals surface area contributed by atoms with Gasteiger partial charge in [-0.1, -0.05) is 135 Å². The molecular weight excluding hydrogens is 418 g/mol. The molecule has 2 fully saturated rings. The molecule has 1 aliphatic heterocycles. The third-order valence-corrected chi connectivity index (χ3v) is 7.40. The summed E-state index contributed by atoms with van der Waals surface area (Å²) in [5.74, 6) is 0. The second-order valence-electron chi connectivity index (χ2n) is 10.9. The van der Waals surface area contributed by atoms with E-state index >= 15 is 0 Å². The van der Waals surface area contributed by atoms with Gasteiger partial charge < -0.3 is 14.7 Å². The Morgan fingerprint density at radius 2 is 1.06 bits per heavy atom. The van der Waals surface area contributed by atoms with E-state index in [1.807, 2.05) is 7.11 Å². The van der Waals surface area contributed by atoms with Crippen LogP contribution in [-0.4, -0.2) is 42.9 Å². The molecule has 1 saturated carbocycles. The van der Waals surface area contributed by atoms with E-state index in [1.54, 1.807) is 0 Å². The Kier molecular flexibility index (Phi) is 22.4. The van der Waals surface area contributed by atoms with Crippen LogP contribution in [0.25, 0.3) is 0 Å². The zero-order chi connectivity index (χ0) is 24.5. The summed E-state index contributed by atoms with van der Waals surface area (Å²) in [5.41, 5.74) is 1.33. The molecule has 0 radical (unpaired) electrons. The fraction of sp³-hybridized carbons (Fsp3) is 0.935. The van der Waals surface area contributed by atoms with Crippen molar-refractivity contribution in [1.29, 1.82) is 0 Å². The number of nitrogens with zero attached hydrogens (tertiary/aromatic N) is 1. The van der Waals surface area contributed by atoms with E-state index < -0.39 is 0 Å². The molecule has 1 unspecified atom stereocenters. The topological polar surface area (TPSA) is 32.7 Å². The van der Waals surface area contributed by atoms with Gasteiger partial charge >= 0.3 is 0 Å². The van der Waals surface area contributed by atoms with Gasteiger partial charge in [-0.2, -0.15) is 0 Å². The molecule has 2 rings (SSSR count). The van der Waals surface area contributed by atoms with Crippen molar-refractivity contribution < 1.29 is 9.84 Å². The van der Waals surface area contributed by atoms with E-state index in [0.717, 1.165) is 25.9 Å². The molecule has 0 aromatic rings. The summed E-state index contributed by atoms with van der Waals surface area (Å²) in [6.45, 7) is 6.83. The van der Waals surface area contributed by atoms with Gasteiger partial charge in [-0.25, -0.2) is 0 Å². The van der Waals surface area contributed by atoms with Gasteiger partial charge in [0.15, 0.2) is 0 Å². The summed E-state index contributed by atoms with van der Waals surface area (Å²) in [7, 11) is 1.82. The maximum absolute atomic E-state index is 8.76. The van der Waals surface area contributed by atoms with Crippen LogP contribution in [0, 0.1) is 0 Å². The number of hydrogen-bond acceptors (Lipinski definition) is 3. The Morgan fingerprint density at radius 3 is 1.38 bits per heavy atom. The molecule has 3 heteroatoms. The van der Waals surface area contributed by atoms with Crippen molar-refractivity contribution in [2.75, 3.05) is 26.8 Å². The second-order valence-corrected chi connectivity index (χ2v) is 10.9. The van der Waals surface area contributed by atoms with Crippen molar-refractivity contribution in [3.8, 4) is 0 Å². The Balaban J connectivity index is 0.00000177. The monoisotopic (exact) mass is 479 g/mol. The van der Waals surface area contributed by atoms with E-state index in [-0.39, 0.29) is 0 Å². The van der Waals surface area contributed by atoms with Crippen molar-refractivity contribution in [3.63, 3.8) is 0 Å². The first-order valence-electron chi connectivity index (χ1n) is 15.3. The molecule has 202 valence electrons. The van der Waals surface area contributed by atoms with Gasteiger partial charge in [-0.3, -0.25) is 0 Å². The molecule has 2 aliphatic rings. The molecule has 3 nitrogen and oxygen atoms in total. The largest absolute Gasteiger partial charge is 0.396 e. The number of hydrogen-bond donors (Lipinski definition) is 1. The van der Waals surface area contributed by atoms with Crippen LogP contribution in [0.5, 0.6) is 0 Å². The lowest BCUT2D eigenvalue weighted by atomic mass is 10.0. The molecule has 1 heterocycles. The van der Waals surface area contributed by atoms with Crippen LogP contribution in [-0.2, 0) is 4.74 Å². The first-order valence-corrected chi connectivity index (χ1v) is 15.3. The maximum Gasteiger partial charge on any atom is 0.0762 e. The van der Waals surface area contributed by atoms with Gasteiger partial charge in [-0.15, -0.1) is 0 Å². The lowest BCUT2D eigenvalue weighted by Gasteiger charge is -2.20. The molecular formula is C31H61NO2. The second kappa shape index (κ2) is 24.2. The van der Waals surface area contributed by atoms with Crippen LogP contribution in [0.3, 0.4) is 0 Å². The molecule has 0 spiro atoms. The van der Waals surface area contributed by atoms with Crippen LogP contribution in [0.2, 0.25) is 0 Å². The average molecular weight is 480 g/mol. The summed E-state index contributed by atoms with van der Waals surface area (Å²) < 4.78 is 5.45. The van der Waals surface area contributed by atoms with E-state index in [2.05, 4.69) is 11.5 Å². The fourth-order valence-electron chi connectivity index (χ4n) is 4.81. The maximum atomic E-state index is 8.76. The highest BCUT2D eigenvalue weighted by molar-refractivity contribution is 4.97. The number of likely N-dealkylation sites (tertiary alicyclic amines) is 1. The van der Waals surface area contributed by atoms with Gasteiger partial charge in [-0.05, 0) is 25.7 Å². The minimum Gasteiger partial charge on any atom is -0.396 e. The molecule has 0 aromatic heterocycles. The Labute approximate surface area is 214 Å². The Bertz CT molecular complexity index is 434. The first-order chi connectivity index (χ1) is 16.8. The SMILES string of the molecule is C1CC1.C=C(CCCCCCCCCCCCCCCCCCCCCO)N1CCC(OC)C1. The summed E-state index contributed by atoms with van der Waals surface area (Å²) >= 11 is 0. The van der Waals surface area contributed by atoms with E-state index in [1.165, 1.54) is 147 Å². The fourth-order valence-corrected chi connectivity index (χ4v) is 4.81. The van der Waals surface area contributed by atoms with Crippen LogP contribution in [0.15, 0.2) is 12.3 Å². The van der Waals surface area contributed by atoms with E-state index in [0.29, 0.717) is 12.7 Å². The Hall–Kier alpha value is -0.540. The lowest BCUT2D eigenvalue weighted by molar-refractivity contribution is 0.111. The number of unbranched alkanes of at least 4 members (excludes halogenated alkanes) is 18. The Morgan fingerprint density at radius 1 is 0.676 bits per heavy atom. The van der Waals surface area contributed by atoms with Gasteiger partial charge in [0.1, 0.15) is 0 Å². The number of methoxy groups -OCH3 is 1. The zero-order valence-electron chi connectivity index (χ0n) is 23.2. The van der Waals surface area contributed by atoms with Crippen molar-refractivity contribution >= 4 is 0 Å². The van der Waals surface area contributed by atoms with Crippen LogP contribution in [0.1, 0.15) is 154 Å².